The third kappa shape index (κ3) is 1.05. The number of hydrogen-bond donors (Lipinski definition) is 1. The van der Waals surface area contributed by atoms with E-state index in [-0.39, 0.29) is 0 Å². The minimum absolute atomic E-state index is 0.833. The zero-order valence-electron chi connectivity index (χ0n) is 9.76. The quantitative estimate of drug-likeness (QED) is 0.712. The van der Waals surface area contributed by atoms with E-state index in [1.807, 2.05) is 0 Å². The third-order valence-electron chi connectivity index (χ3n) is 4.52. The first-order valence-corrected chi connectivity index (χ1v) is 6.72. The first-order chi connectivity index (χ1) is 7.86. The number of rotatable bonds is 1. The smallest absolute Gasteiger partial charge is 0.187 e. The summed E-state index contributed by atoms with van der Waals surface area (Å²) in [5, 5.41) is 0. The first kappa shape index (κ1) is 9.03. The Bertz CT molecular complexity index is 437. The Balaban J connectivity index is 2.03. The zero-order valence-corrected chi connectivity index (χ0v) is 9.76. The summed E-state index contributed by atoms with van der Waals surface area (Å²) in [6.45, 7) is 0. The molecule has 0 amide bonds. The second-order valence-corrected chi connectivity index (χ2v) is 5.57. The molecule has 16 heavy (non-hydrogen) atoms. The maximum absolute atomic E-state index is 6.36. The van der Waals surface area contributed by atoms with Crippen LogP contribution in [0.3, 0.4) is 0 Å². The van der Waals surface area contributed by atoms with E-state index in [0.29, 0.717) is 0 Å². The topological polar surface area (TPSA) is 29.9 Å². The fourth-order valence-corrected chi connectivity index (χ4v) is 3.69. The van der Waals surface area contributed by atoms with Gasteiger partial charge in [0.1, 0.15) is 0 Å². The van der Waals surface area contributed by atoms with Gasteiger partial charge in [0.15, 0.2) is 17.4 Å². The van der Waals surface area contributed by atoms with Gasteiger partial charge in [-0.25, -0.2) is 0 Å². The van der Waals surface area contributed by atoms with E-state index in [9.17, 15) is 0 Å². The number of fused-ring (bicyclic) bond motifs is 2. The summed E-state index contributed by atoms with van der Waals surface area (Å²) in [6, 6.07) is 0.833. The molecule has 2 heteroatoms. The summed E-state index contributed by atoms with van der Waals surface area (Å²) < 4.78 is 2.70. The Kier molecular flexibility index (Phi) is 1.69. The largest absolute Gasteiger partial charge is 0.398 e. The molecule has 0 atom stereocenters. The van der Waals surface area contributed by atoms with Crippen LogP contribution < -0.4 is 10.3 Å². The molecule has 2 N–H and O–H groups in total. The van der Waals surface area contributed by atoms with Gasteiger partial charge >= 0.3 is 0 Å². The van der Waals surface area contributed by atoms with Gasteiger partial charge in [-0.15, -0.1) is 0 Å². The molecule has 0 bridgehead atoms. The number of anilines is 1. The van der Waals surface area contributed by atoms with Crippen LogP contribution in [0.5, 0.6) is 0 Å². The number of pyridine rings is 1. The highest BCUT2D eigenvalue weighted by molar-refractivity contribution is 5.57. The molecule has 1 saturated carbocycles. The number of nitrogens with two attached hydrogens (primary N) is 1. The molecule has 84 valence electrons. The van der Waals surface area contributed by atoms with E-state index in [4.69, 9.17) is 5.73 Å². The zero-order chi connectivity index (χ0) is 10.7. The maximum atomic E-state index is 6.36. The van der Waals surface area contributed by atoms with Crippen molar-refractivity contribution >= 4 is 5.69 Å². The lowest BCUT2D eigenvalue weighted by molar-refractivity contribution is -0.714. The van der Waals surface area contributed by atoms with E-state index in [1.165, 1.54) is 62.5 Å². The predicted octanol–water partition coefficient (Wildman–Crippen LogP) is 1.87. The highest BCUT2D eigenvalue weighted by atomic mass is 15.1. The van der Waals surface area contributed by atoms with Crippen molar-refractivity contribution in [1.82, 2.24) is 0 Å². The lowest BCUT2D eigenvalue weighted by Gasteiger charge is -2.11. The molecule has 0 spiro atoms. The average molecular weight is 215 g/mol. The second kappa shape index (κ2) is 2.99. The normalized spacial score (nSPS) is 22.2. The van der Waals surface area contributed by atoms with Crippen LogP contribution in [0.15, 0.2) is 0 Å². The molecule has 0 aliphatic heterocycles. The molecular formula is C14H19N2+. The Morgan fingerprint density at radius 1 is 0.875 bits per heavy atom. The van der Waals surface area contributed by atoms with E-state index in [2.05, 4.69) is 4.57 Å². The van der Waals surface area contributed by atoms with Crippen molar-refractivity contribution < 1.29 is 4.57 Å². The van der Waals surface area contributed by atoms with Crippen LogP contribution in [0.2, 0.25) is 0 Å². The minimum Gasteiger partial charge on any atom is -0.398 e. The van der Waals surface area contributed by atoms with Gasteiger partial charge in [-0.05, 0) is 25.7 Å². The summed E-state index contributed by atoms with van der Waals surface area (Å²) >= 11 is 0. The molecule has 0 unspecified atom stereocenters. The summed E-state index contributed by atoms with van der Waals surface area (Å²) in [5.41, 5.74) is 13.7. The van der Waals surface area contributed by atoms with Crippen molar-refractivity contribution in [3.63, 3.8) is 0 Å². The summed E-state index contributed by atoms with van der Waals surface area (Å²) in [5.74, 6) is 0. The van der Waals surface area contributed by atoms with Gasteiger partial charge in [-0.1, -0.05) is 0 Å². The number of nitrogens with zero attached hydrogens (tertiary/aromatic N) is 1. The van der Waals surface area contributed by atoms with E-state index in [1.54, 1.807) is 11.4 Å². The van der Waals surface area contributed by atoms with Crippen LogP contribution in [0.1, 0.15) is 54.2 Å². The second-order valence-electron chi connectivity index (χ2n) is 5.57. The lowest BCUT2D eigenvalue weighted by atomic mass is 10.1. The number of aromatic nitrogens is 1. The summed E-state index contributed by atoms with van der Waals surface area (Å²) in [6.07, 6.45) is 10.4. The lowest BCUT2D eigenvalue weighted by Crippen LogP contribution is -2.42. The van der Waals surface area contributed by atoms with Gasteiger partial charge < -0.3 is 5.73 Å². The fraction of sp³-hybridized carbons (Fsp3) is 0.643. The fourth-order valence-electron chi connectivity index (χ4n) is 3.69. The molecule has 4 rings (SSSR count). The van der Waals surface area contributed by atoms with Crippen LogP contribution in [-0.2, 0) is 25.7 Å². The van der Waals surface area contributed by atoms with Crippen molar-refractivity contribution in [2.45, 2.75) is 57.4 Å². The predicted molar refractivity (Wildman–Crippen MR) is 63.4 cm³/mol. The van der Waals surface area contributed by atoms with Gasteiger partial charge in [-0.3, -0.25) is 0 Å². The van der Waals surface area contributed by atoms with Crippen molar-refractivity contribution in [2.24, 2.45) is 0 Å². The Labute approximate surface area is 96.5 Å². The van der Waals surface area contributed by atoms with Gasteiger partial charge in [0, 0.05) is 36.8 Å². The standard InChI is InChI=1S/C14H18N2/c15-14-10-3-1-5-12(10)16(9-7-8-9)13-6-2-4-11(13)14/h9,15H,1-8H2/p+1. The SMILES string of the molecule is Nc1c2c([n+](C3CC3)c3c1CCC3)CCC2. The van der Waals surface area contributed by atoms with Crippen LogP contribution in [0.25, 0.3) is 0 Å². The van der Waals surface area contributed by atoms with E-state index >= 15 is 0 Å². The Hall–Kier alpha value is -1.05. The highest BCUT2D eigenvalue weighted by Crippen LogP contribution is 2.38. The van der Waals surface area contributed by atoms with Gasteiger partial charge in [0.25, 0.3) is 0 Å². The molecular weight excluding hydrogens is 196 g/mol. The Morgan fingerprint density at radius 2 is 1.44 bits per heavy atom. The molecule has 3 aliphatic carbocycles. The molecule has 1 aromatic heterocycles. The molecule has 0 radical (unpaired) electrons. The third-order valence-corrected chi connectivity index (χ3v) is 4.52. The summed E-state index contributed by atoms with van der Waals surface area (Å²) in [7, 11) is 0. The molecule has 1 fully saturated rings. The molecule has 0 saturated heterocycles. The number of hydrogen-bond acceptors (Lipinski definition) is 1. The molecule has 1 heterocycles. The Morgan fingerprint density at radius 3 is 1.94 bits per heavy atom. The number of nitrogen functional groups attached to an aromatic ring is 1. The van der Waals surface area contributed by atoms with Crippen LogP contribution >= 0.6 is 0 Å². The van der Waals surface area contributed by atoms with Crippen LogP contribution in [-0.4, -0.2) is 0 Å². The van der Waals surface area contributed by atoms with E-state index in [0.717, 1.165) is 11.7 Å². The highest BCUT2D eigenvalue weighted by Gasteiger charge is 2.42. The van der Waals surface area contributed by atoms with Crippen molar-refractivity contribution in [2.75, 3.05) is 5.73 Å². The van der Waals surface area contributed by atoms with Crippen LogP contribution in [0, 0.1) is 0 Å². The molecule has 0 aromatic carbocycles. The molecule has 1 aromatic rings. The average Bonchev–Trinajstić information content (AvgIpc) is 2.81. The molecule has 2 nitrogen and oxygen atoms in total. The van der Waals surface area contributed by atoms with Crippen molar-refractivity contribution in [1.29, 1.82) is 0 Å². The molecule has 3 aliphatic rings. The maximum Gasteiger partial charge on any atom is 0.187 e. The minimum atomic E-state index is 0.833. The van der Waals surface area contributed by atoms with Crippen molar-refractivity contribution in [3.05, 3.63) is 22.5 Å². The van der Waals surface area contributed by atoms with Crippen LogP contribution in [0.4, 0.5) is 5.69 Å². The van der Waals surface area contributed by atoms with E-state index < -0.39 is 0 Å². The first-order valence-electron chi connectivity index (χ1n) is 6.72. The summed E-state index contributed by atoms with van der Waals surface area (Å²) in [4.78, 5) is 0. The van der Waals surface area contributed by atoms with Crippen molar-refractivity contribution in [3.8, 4) is 0 Å². The monoisotopic (exact) mass is 215 g/mol. The van der Waals surface area contributed by atoms with Gasteiger partial charge in [0.05, 0.1) is 5.69 Å². The van der Waals surface area contributed by atoms with Gasteiger partial charge in [0.2, 0.25) is 0 Å². The van der Waals surface area contributed by atoms with Gasteiger partial charge in [-0.2, -0.15) is 4.57 Å².